The molecular weight excluding hydrogens is 328 g/mol. The summed E-state index contributed by atoms with van der Waals surface area (Å²) in [6.07, 6.45) is 0. The smallest absolute Gasteiger partial charge is 0.254 e. The first-order valence-corrected chi connectivity index (χ1v) is 7.73. The molecule has 4 nitrogen and oxygen atoms in total. The Morgan fingerprint density at radius 3 is 2.68 bits per heavy atom. The van der Waals surface area contributed by atoms with Crippen molar-refractivity contribution >= 4 is 16.9 Å². The Morgan fingerprint density at radius 1 is 1.20 bits per heavy atom. The van der Waals surface area contributed by atoms with E-state index in [2.05, 4.69) is 5.32 Å². The van der Waals surface area contributed by atoms with Crippen molar-refractivity contribution in [1.82, 2.24) is 5.32 Å². The maximum Gasteiger partial charge on any atom is 0.254 e. The van der Waals surface area contributed by atoms with Gasteiger partial charge in [0.25, 0.3) is 5.91 Å². The number of rotatable bonds is 4. The third kappa shape index (κ3) is 3.20. The second-order valence-corrected chi connectivity index (χ2v) is 5.77. The van der Waals surface area contributed by atoms with E-state index >= 15 is 0 Å². The van der Waals surface area contributed by atoms with Gasteiger partial charge in [-0.2, -0.15) is 0 Å². The van der Waals surface area contributed by atoms with Crippen LogP contribution in [0.15, 0.2) is 40.8 Å². The predicted molar refractivity (Wildman–Crippen MR) is 89.7 cm³/mol. The van der Waals surface area contributed by atoms with Crippen LogP contribution in [0.25, 0.3) is 11.0 Å². The minimum Gasteiger partial charge on any atom is -0.497 e. The molecule has 6 heteroatoms. The van der Waals surface area contributed by atoms with Crippen LogP contribution in [0.1, 0.15) is 34.6 Å². The Bertz CT molecular complexity index is 949. The maximum absolute atomic E-state index is 13.7. The van der Waals surface area contributed by atoms with Crippen LogP contribution < -0.4 is 10.1 Å². The quantitative estimate of drug-likeness (QED) is 0.756. The van der Waals surface area contributed by atoms with Gasteiger partial charge in [0.15, 0.2) is 0 Å². The Labute approximate surface area is 143 Å². The fourth-order valence-electron chi connectivity index (χ4n) is 2.77. The van der Waals surface area contributed by atoms with Crippen LogP contribution in [0.3, 0.4) is 0 Å². The Morgan fingerprint density at radius 2 is 1.96 bits per heavy atom. The van der Waals surface area contributed by atoms with Crippen LogP contribution in [0, 0.1) is 18.6 Å². The van der Waals surface area contributed by atoms with Crippen LogP contribution in [0.2, 0.25) is 0 Å². The number of amides is 1. The van der Waals surface area contributed by atoms with E-state index in [1.165, 1.54) is 0 Å². The molecule has 1 aromatic heterocycles. The highest BCUT2D eigenvalue weighted by atomic mass is 19.1. The van der Waals surface area contributed by atoms with Crippen LogP contribution in [-0.4, -0.2) is 13.0 Å². The highest BCUT2D eigenvalue weighted by Crippen LogP contribution is 2.32. The molecule has 1 heterocycles. The molecule has 0 aliphatic rings. The Hall–Kier alpha value is -2.89. The zero-order chi connectivity index (χ0) is 18.1. The van der Waals surface area contributed by atoms with Crippen molar-refractivity contribution in [1.29, 1.82) is 0 Å². The Balaban J connectivity index is 1.89. The van der Waals surface area contributed by atoms with Crippen molar-refractivity contribution in [3.05, 3.63) is 64.9 Å². The number of fused-ring (bicyclic) bond motifs is 1. The fourth-order valence-corrected chi connectivity index (χ4v) is 2.77. The summed E-state index contributed by atoms with van der Waals surface area (Å²) in [5.41, 5.74) is 1.16. The summed E-state index contributed by atoms with van der Waals surface area (Å²) >= 11 is 0. The number of halogens is 2. The number of ether oxygens (including phenoxy) is 1. The van der Waals surface area contributed by atoms with E-state index < -0.39 is 23.6 Å². The van der Waals surface area contributed by atoms with Gasteiger partial charge in [0.1, 0.15) is 28.7 Å². The molecular formula is C19H17F2NO3. The number of hydrogen-bond acceptors (Lipinski definition) is 3. The lowest BCUT2D eigenvalue weighted by Crippen LogP contribution is -2.27. The third-order valence-corrected chi connectivity index (χ3v) is 4.09. The largest absolute Gasteiger partial charge is 0.497 e. The molecule has 0 radical (unpaired) electrons. The number of carbonyl (C=O) groups excluding carboxylic acids is 1. The van der Waals surface area contributed by atoms with Gasteiger partial charge in [-0.05, 0) is 50.2 Å². The van der Waals surface area contributed by atoms with E-state index in [1.54, 1.807) is 26.2 Å². The summed E-state index contributed by atoms with van der Waals surface area (Å²) in [6.45, 7) is 3.59. The summed E-state index contributed by atoms with van der Waals surface area (Å²) < 4.78 is 38.0. The average Bonchev–Trinajstić information content (AvgIpc) is 2.93. The second-order valence-electron chi connectivity index (χ2n) is 5.77. The zero-order valence-corrected chi connectivity index (χ0v) is 14.0. The molecule has 0 spiro atoms. The first kappa shape index (κ1) is 17.0. The van der Waals surface area contributed by atoms with Crippen molar-refractivity contribution in [2.75, 3.05) is 7.11 Å². The van der Waals surface area contributed by atoms with Gasteiger partial charge in [-0.1, -0.05) is 0 Å². The standard InChI is InChI=1S/C19H17F2NO3/c1-10-14-9-13(24-3)5-7-17(14)25-18(10)11(2)22-19(23)15-8-12(20)4-6-16(15)21/h4-9,11H,1-3H3,(H,22,23). The minimum atomic E-state index is -0.780. The van der Waals surface area contributed by atoms with Gasteiger partial charge in [-0.15, -0.1) is 0 Å². The molecule has 0 fully saturated rings. The zero-order valence-electron chi connectivity index (χ0n) is 14.0. The molecule has 0 aliphatic carbocycles. The maximum atomic E-state index is 13.7. The van der Waals surface area contributed by atoms with Gasteiger partial charge < -0.3 is 14.5 Å². The summed E-state index contributed by atoms with van der Waals surface area (Å²) in [6, 6.07) is 7.64. The van der Waals surface area contributed by atoms with E-state index in [1.807, 2.05) is 13.0 Å². The number of hydrogen-bond donors (Lipinski definition) is 1. The number of aryl methyl sites for hydroxylation is 1. The molecule has 2 aromatic carbocycles. The molecule has 1 N–H and O–H groups in total. The van der Waals surface area contributed by atoms with Crippen LogP contribution in [-0.2, 0) is 0 Å². The third-order valence-electron chi connectivity index (χ3n) is 4.09. The summed E-state index contributed by atoms with van der Waals surface area (Å²) in [5, 5.41) is 3.51. The molecule has 1 unspecified atom stereocenters. The number of furan rings is 1. The predicted octanol–water partition coefficient (Wildman–Crippen LogP) is 4.52. The summed E-state index contributed by atoms with van der Waals surface area (Å²) in [5.74, 6) is -0.916. The van der Waals surface area contributed by atoms with Crippen molar-refractivity contribution in [3.63, 3.8) is 0 Å². The van der Waals surface area contributed by atoms with Gasteiger partial charge in [0.2, 0.25) is 0 Å². The molecule has 0 bridgehead atoms. The van der Waals surface area contributed by atoms with Crippen molar-refractivity contribution < 1.29 is 22.7 Å². The molecule has 1 amide bonds. The van der Waals surface area contributed by atoms with Gasteiger partial charge in [-0.3, -0.25) is 4.79 Å². The van der Waals surface area contributed by atoms with E-state index in [9.17, 15) is 13.6 Å². The molecule has 1 atom stereocenters. The Kier molecular flexibility index (Phi) is 4.44. The lowest BCUT2D eigenvalue weighted by atomic mass is 10.1. The van der Waals surface area contributed by atoms with Crippen LogP contribution >= 0.6 is 0 Å². The molecule has 130 valence electrons. The van der Waals surface area contributed by atoms with Crippen LogP contribution in [0.5, 0.6) is 5.75 Å². The molecule has 3 aromatic rings. The van der Waals surface area contributed by atoms with E-state index in [0.29, 0.717) is 17.1 Å². The van der Waals surface area contributed by atoms with Gasteiger partial charge >= 0.3 is 0 Å². The lowest BCUT2D eigenvalue weighted by molar-refractivity contribution is 0.0931. The van der Waals surface area contributed by atoms with Gasteiger partial charge in [0.05, 0.1) is 18.7 Å². The molecule has 0 saturated heterocycles. The van der Waals surface area contributed by atoms with Crippen molar-refractivity contribution in [2.24, 2.45) is 0 Å². The van der Waals surface area contributed by atoms with Crippen LogP contribution in [0.4, 0.5) is 8.78 Å². The SMILES string of the molecule is COc1ccc2oc(C(C)NC(=O)c3cc(F)ccc3F)c(C)c2c1. The number of nitrogens with one attached hydrogen (secondary N) is 1. The number of methoxy groups -OCH3 is 1. The molecule has 3 rings (SSSR count). The molecule has 25 heavy (non-hydrogen) atoms. The van der Waals surface area contributed by atoms with E-state index in [-0.39, 0.29) is 5.56 Å². The molecule has 0 aliphatic heterocycles. The number of carbonyl (C=O) groups is 1. The first-order chi connectivity index (χ1) is 11.9. The molecule has 0 saturated carbocycles. The van der Waals surface area contributed by atoms with Crippen molar-refractivity contribution in [3.8, 4) is 5.75 Å². The van der Waals surface area contributed by atoms with Gasteiger partial charge in [-0.25, -0.2) is 8.78 Å². The lowest BCUT2D eigenvalue weighted by Gasteiger charge is -2.13. The number of benzene rings is 2. The second kappa shape index (κ2) is 6.55. The summed E-state index contributed by atoms with van der Waals surface area (Å²) in [4.78, 5) is 12.2. The average molecular weight is 345 g/mol. The van der Waals surface area contributed by atoms with E-state index in [0.717, 1.165) is 29.1 Å². The highest BCUT2D eigenvalue weighted by molar-refractivity contribution is 5.94. The normalized spacial score (nSPS) is 12.2. The minimum absolute atomic E-state index is 0.345. The highest BCUT2D eigenvalue weighted by Gasteiger charge is 2.21. The first-order valence-electron chi connectivity index (χ1n) is 7.73. The summed E-state index contributed by atoms with van der Waals surface area (Å²) in [7, 11) is 1.58. The van der Waals surface area contributed by atoms with Crippen molar-refractivity contribution in [2.45, 2.75) is 19.9 Å². The van der Waals surface area contributed by atoms with E-state index in [4.69, 9.17) is 9.15 Å². The monoisotopic (exact) mass is 345 g/mol. The topological polar surface area (TPSA) is 51.5 Å². The fraction of sp³-hybridized carbons (Fsp3) is 0.211. The van der Waals surface area contributed by atoms with Gasteiger partial charge in [0, 0.05) is 10.9 Å².